The molecule has 1 fully saturated rings. The minimum Gasteiger partial charge on any atom is -0.477 e. The molecule has 1 amide bonds. The lowest BCUT2D eigenvalue weighted by Gasteiger charge is -2.43. The van der Waals surface area contributed by atoms with E-state index in [0.717, 1.165) is 23.4 Å². The summed E-state index contributed by atoms with van der Waals surface area (Å²) < 4.78 is 7.45. The van der Waals surface area contributed by atoms with Crippen LogP contribution < -0.4 is 10.3 Å². The molecule has 0 radical (unpaired) electrons. The molecule has 1 saturated heterocycles. The molecule has 2 bridgehead atoms. The van der Waals surface area contributed by atoms with E-state index in [1.54, 1.807) is 30.6 Å². The number of nitrogens with zero attached hydrogens (tertiary/aromatic N) is 4. The molecule has 2 atom stereocenters. The Morgan fingerprint density at radius 1 is 1.10 bits per heavy atom. The average molecular weight is 416 g/mol. The van der Waals surface area contributed by atoms with E-state index in [2.05, 4.69) is 16.0 Å². The van der Waals surface area contributed by atoms with Crippen LogP contribution in [-0.2, 0) is 6.54 Å². The number of hydrogen-bond donors (Lipinski definition) is 0. The Hall–Kier alpha value is -3.48. The van der Waals surface area contributed by atoms with E-state index in [4.69, 9.17) is 4.74 Å². The number of pyridine rings is 3. The quantitative estimate of drug-likeness (QED) is 0.654. The molecule has 2 aliphatic heterocycles. The highest BCUT2D eigenvalue weighted by atomic mass is 16.5. The van der Waals surface area contributed by atoms with E-state index >= 15 is 0 Å². The first kappa shape index (κ1) is 19.5. The van der Waals surface area contributed by atoms with Gasteiger partial charge in [-0.15, -0.1) is 0 Å². The van der Waals surface area contributed by atoms with Gasteiger partial charge in [0.25, 0.3) is 11.5 Å². The molecular formula is C24H24N4O3. The topological polar surface area (TPSA) is 77.3 Å². The first-order valence-electron chi connectivity index (χ1n) is 10.7. The lowest BCUT2D eigenvalue weighted by atomic mass is 9.82. The highest BCUT2D eigenvalue weighted by Gasteiger charge is 2.37. The molecular weight excluding hydrogens is 392 g/mol. The summed E-state index contributed by atoms with van der Waals surface area (Å²) in [5, 5.41) is 0. The first-order chi connectivity index (χ1) is 15.1. The van der Waals surface area contributed by atoms with Crippen molar-refractivity contribution in [3.8, 4) is 17.1 Å². The number of piperidine rings is 1. The molecule has 0 spiro atoms. The second-order valence-electron chi connectivity index (χ2n) is 8.13. The fourth-order valence-electron chi connectivity index (χ4n) is 4.78. The van der Waals surface area contributed by atoms with Crippen LogP contribution in [0.1, 0.15) is 35.3 Å². The molecule has 3 aromatic heterocycles. The van der Waals surface area contributed by atoms with Crippen LogP contribution in [0.3, 0.4) is 0 Å². The number of aromatic nitrogens is 3. The van der Waals surface area contributed by atoms with Crippen LogP contribution in [0.4, 0.5) is 0 Å². The molecule has 0 N–H and O–H groups in total. The minimum atomic E-state index is -0.0667. The summed E-state index contributed by atoms with van der Waals surface area (Å²) in [4.78, 5) is 36.7. The number of ether oxygens (including phenoxy) is 1. The van der Waals surface area contributed by atoms with E-state index in [0.29, 0.717) is 37.7 Å². The fraction of sp³-hybridized carbons (Fsp3) is 0.333. The summed E-state index contributed by atoms with van der Waals surface area (Å²) in [7, 11) is 0. The molecule has 0 aromatic carbocycles. The van der Waals surface area contributed by atoms with E-state index in [1.807, 2.05) is 34.6 Å². The van der Waals surface area contributed by atoms with Crippen molar-refractivity contribution in [1.29, 1.82) is 0 Å². The second-order valence-corrected chi connectivity index (χ2v) is 8.13. The molecule has 0 aliphatic carbocycles. The molecule has 5 rings (SSSR count). The minimum absolute atomic E-state index is 0.00137. The monoisotopic (exact) mass is 416 g/mol. The van der Waals surface area contributed by atoms with E-state index < -0.39 is 0 Å². The maximum atomic E-state index is 13.3. The zero-order valence-electron chi connectivity index (χ0n) is 17.4. The zero-order chi connectivity index (χ0) is 21.4. The summed E-state index contributed by atoms with van der Waals surface area (Å²) in [6, 6.07) is 12.9. The van der Waals surface area contributed by atoms with E-state index in [1.165, 1.54) is 0 Å². The predicted molar refractivity (Wildman–Crippen MR) is 116 cm³/mol. The SMILES string of the molecule is CCOc1ncccc1C(=O)N1C[C@@H]2C[C@H](C1)c1cc(-c3ccccn3)cc(=O)n1C2. The fourth-order valence-corrected chi connectivity index (χ4v) is 4.78. The van der Waals surface area contributed by atoms with Crippen LogP contribution in [0.15, 0.2) is 59.7 Å². The Bertz CT molecular complexity index is 1170. The maximum Gasteiger partial charge on any atom is 0.259 e. The summed E-state index contributed by atoms with van der Waals surface area (Å²) in [6.07, 6.45) is 4.34. The van der Waals surface area contributed by atoms with Crippen molar-refractivity contribution in [1.82, 2.24) is 19.4 Å². The van der Waals surface area contributed by atoms with Crippen LogP contribution in [0.2, 0.25) is 0 Å². The second kappa shape index (κ2) is 7.98. The van der Waals surface area contributed by atoms with Crippen molar-refractivity contribution >= 4 is 5.91 Å². The van der Waals surface area contributed by atoms with Gasteiger partial charge in [0, 0.05) is 55.3 Å². The third-order valence-corrected chi connectivity index (χ3v) is 6.09. The highest BCUT2D eigenvalue weighted by molar-refractivity contribution is 5.96. The summed E-state index contributed by atoms with van der Waals surface area (Å²) in [5.74, 6) is 0.670. The van der Waals surface area contributed by atoms with Gasteiger partial charge in [-0.2, -0.15) is 0 Å². The smallest absolute Gasteiger partial charge is 0.259 e. The molecule has 0 saturated carbocycles. The van der Waals surface area contributed by atoms with Crippen LogP contribution in [0, 0.1) is 5.92 Å². The number of carbonyl (C=O) groups excluding carboxylic acids is 1. The van der Waals surface area contributed by atoms with Gasteiger partial charge in [-0.25, -0.2) is 4.98 Å². The average Bonchev–Trinajstić information content (AvgIpc) is 2.80. The van der Waals surface area contributed by atoms with Gasteiger partial charge >= 0.3 is 0 Å². The van der Waals surface area contributed by atoms with Crippen LogP contribution in [0.5, 0.6) is 5.88 Å². The lowest BCUT2D eigenvalue weighted by molar-refractivity contribution is 0.0590. The molecule has 7 nitrogen and oxygen atoms in total. The van der Waals surface area contributed by atoms with Gasteiger partial charge in [-0.1, -0.05) is 6.07 Å². The number of amides is 1. The van der Waals surface area contributed by atoms with Gasteiger partial charge in [0.15, 0.2) is 0 Å². The van der Waals surface area contributed by atoms with Crippen molar-refractivity contribution in [2.24, 2.45) is 5.92 Å². The number of rotatable bonds is 4. The summed E-state index contributed by atoms with van der Waals surface area (Å²) >= 11 is 0. The van der Waals surface area contributed by atoms with Gasteiger partial charge < -0.3 is 14.2 Å². The van der Waals surface area contributed by atoms with Gasteiger partial charge in [0.05, 0.1) is 12.3 Å². The largest absolute Gasteiger partial charge is 0.477 e. The summed E-state index contributed by atoms with van der Waals surface area (Å²) in [6.45, 7) is 4.16. The van der Waals surface area contributed by atoms with Crippen molar-refractivity contribution in [3.63, 3.8) is 0 Å². The Balaban J connectivity index is 1.47. The number of fused-ring (bicyclic) bond motifs is 4. The normalized spacial score (nSPS) is 19.6. The first-order valence-corrected chi connectivity index (χ1v) is 10.7. The predicted octanol–water partition coefficient (Wildman–Crippen LogP) is 2.96. The van der Waals surface area contributed by atoms with E-state index in [-0.39, 0.29) is 23.3 Å². The van der Waals surface area contributed by atoms with Crippen LogP contribution >= 0.6 is 0 Å². The van der Waals surface area contributed by atoms with Crippen LogP contribution in [-0.4, -0.2) is 45.0 Å². The summed E-state index contributed by atoms with van der Waals surface area (Å²) in [5.41, 5.74) is 3.08. The molecule has 2 aliphatic rings. The van der Waals surface area contributed by atoms with Crippen molar-refractivity contribution in [2.75, 3.05) is 19.7 Å². The Labute approximate surface area is 180 Å². The standard InChI is InChI=1S/C24H24N4O3/c1-2-31-23-19(6-5-9-26-23)24(30)27-13-16-10-18(15-27)21-11-17(12-22(29)28(21)14-16)20-7-3-4-8-25-20/h3-9,11-12,16,18H,2,10,13-15H2,1H3/t16-,18+/m0/s1. The lowest BCUT2D eigenvalue weighted by Crippen LogP contribution is -2.49. The zero-order valence-corrected chi connectivity index (χ0v) is 17.4. The Kier molecular flexibility index (Phi) is 5.02. The molecule has 5 heterocycles. The molecule has 3 aromatic rings. The molecule has 7 heteroatoms. The molecule has 31 heavy (non-hydrogen) atoms. The number of likely N-dealkylation sites (tertiary alicyclic amines) is 1. The Morgan fingerprint density at radius 3 is 2.77 bits per heavy atom. The molecule has 158 valence electrons. The maximum absolute atomic E-state index is 13.3. The van der Waals surface area contributed by atoms with Gasteiger partial charge in [-0.3, -0.25) is 14.6 Å². The number of carbonyl (C=O) groups is 1. The van der Waals surface area contributed by atoms with Gasteiger partial charge in [0.2, 0.25) is 5.88 Å². The van der Waals surface area contributed by atoms with Gasteiger partial charge in [-0.05, 0) is 49.6 Å². The molecule has 0 unspecified atom stereocenters. The third-order valence-electron chi connectivity index (χ3n) is 6.09. The van der Waals surface area contributed by atoms with E-state index in [9.17, 15) is 9.59 Å². The third kappa shape index (κ3) is 3.60. The van der Waals surface area contributed by atoms with Crippen LogP contribution in [0.25, 0.3) is 11.3 Å². The van der Waals surface area contributed by atoms with Crippen molar-refractivity contribution in [3.05, 3.63) is 76.5 Å². The Morgan fingerprint density at radius 2 is 1.97 bits per heavy atom. The van der Waals surface area contributed by atoms with Gasteiger partial charge in [0.1, 0.15) is 5.56 Å². The van der Waals surface area contributed by atoms with Crippen molar-refractivity contribution in [2.45, 2.75) is 25.8 Å². The highest BCUT2D eigenvalue weighted by Crippen LogP contribution is 2.37. The van der Waals surface area contributed by atoms with Crippen molar-refractivity contribution < 1.29 is 9.53 Å². The number of hydrogen-bond acceptors (Lipinski definition) is 5.